The molecule has 1 aliphatic carbocycles. The zero-order valence-electron chi connectivity index (χ0n) is 19.0. The summed E-state index contributed by atoms with van der Waals surface area (Å²) >= 11 is 0. The van der Waals surface area contributed by atoms with E-state index in [0.29, 0.717) is 17.7 Å². The summed E-state index contributed by atoms with van der Waals surface area (Å²) in [7, 11) is 0. The Bertz CT molecular complexity index is 1060. The van der Waals surface area contributed by atoms with Gasteiger partial charge in [0.2, 0.25) is 5.91 Å². The summed E-state index contributed by atoms with van der Waals surface area (Å²) in [6.07, 6.45) is -8.10. The van der Waals surface area contributed by atoms with Crippen LogP contribution in [0.4, 0.5) is 26.3 Å². The van der Waals surface area contributed by atoms with E-state index in [1.807, 2.05) is 0 Å². The molecule has 3 nitrogen and oxygen atoms in total. The second-order valence-electron chi connectivity index (χ2n) is 9.06. The number of rotatable bonds is 6. The molecule has 1 saturated carbocycles. The van der Waals surface area contributed by atoms with Gasteiger partial charge in [0, 0.05) is 12.8 Å². The highest BCUT2D eigenvalue weighted by molar-refractivity contribution is 5.89. The average molecular weight is 497 g/mol. The molecule has 2 aromatic carbocycles. The van der Waals surface area contributed by atoms with Gasteiger partial charge < -0.3 is 5.32 Å². The van der Waals surface area contributed by atoms with Crippen LogP contribution in [-0.4, -0.2) is 11.7 Å². The summed E-state index contributed by atoms with van der Waals surface area (Å²) in [4.78, 5) is 25.6. The number of carbonyl (C=O) groups is 2. The Labute approximate surface area is 199 Å². The minimum atomic E-state index is -5.05. The van der Waals surface area contributed by atoms with Gasteiger partial charge in [0.05, 0.1) is 22.1 Å². The van der Waals surface area contributed by atoms with Crippen LogP contribution in [0.2, 0.25) is 0 Å². The van der Waals surface area contributed by atoms with Gasteiger partial charge in [-0.2, -0.15) is 26.3 Å². The van der Waals surface area contributed by atoms with Crippen LogP contribution in [-0.2, 0) is 32.9 Å². The molecule has 9 heteroatoms. The lowest BCUT2D eigenvalue weighted by molar-refractivity contribution is -0.143. The molecule has 188 valence electrons. The van der Waals surface area contributed by atoms with Crippen LogP contribution in [0.5, 0.6) is 0 Å². The van der Waals surface area contributed by atoms with Gasteiger partial charge in [0.15, 0.2) is 0 Å². The third-order valence-electron chi connectivity index (χ3n) is 6.62. The number of Topliss-reactive ketones (excluding diaryl/α,β-unsaturated/α-hetero) is 1. The maximum Gasteiger partial charge on any atom is 0.416 e. The molecule has 0 saturated heterocycles. The second kappa shape index (κ2) is 9.51. The average Bonchev–Trinajstić information content (AvgIpc) is 2.80. The van der Waals surface area contributed by atoms with Gasteiger partial charge in [-0.3, -0.25) is 9.59 Å². The molecule has 0 heterocycles. The van der Waals surface area contributed by atoms with Gasteiger partial charge in [-0.05, 0) is 55.5 Å². The van der Waals surface area contributed by atoms with Crippen LogP contribution >= 0.6 is 0 Å². The van der Waals surface area contributed by atoms with Gasteiger partial charge in [-0.15, -0.1) is 6.58 Å². The van der Waals surface area contributed by atoms with E-state index < -0.39 is 45.9 Å². The fourth-order valence-corrected chi connectivity index (χ4v) is 4.46. The summed E-state index contributed by atoms with van der Waals surface area (Å²) in [5, 5.41) is 2.91. The molecule has 0 unspecified atom stereocenters. The molecule has 2 aromatic rings. The second-order valence-corrected chi connectivity index (χ2v) is 9.06. The summed E-state index contributed by atoms with van der Waals surface area (Å²) < 4.78 is 80.9. The van der Waals surface area contributed by atoms with E-state index in [-0.39, 0.29) is 44.0 Å². The number of amides is 1. The van der Waals surface area contributed by atoms with E-state index in [2.05, 4.69) is 11.9 Å². The zero-order chi connectivity index (χ0) is 26.1. The van der Waals surface area contributed by atoms with Gasteiger partial charge in [-0.25, -0.2) is 0 Å². The lowest BCUT2D eigenvalue weighted by atomic mass is 9.73. The maximum absolute atomic E-state index is 13.7. The Morgan fingerprint density at radius 1 is 0.943 bits per heavy atom. The fraction of sp³-hybridized carbons (Fsp3) is 0.385. The highest BCUT2D eigenvalue weighted by Crippen LogP contribution is 2.42. The summed E-state index contributed by atoms with van der Waals surface area (Å²) in [5.74, 6) is -0.726. The Hall–Kier alpha value is -3.10. The number of halogens is 6. The molecule has 1 atom stereocenters. The van der Waals surface area contributed by atoms with Gasteiger partial charge in [0.1, 0.15) is 5.78 Å². The molecule has 0 radical (unpaired) electrons. The van der Waals surface area contributed by atoms with E-state index in [4.69, 9.17) is 0 Å². The third kappa shape index (κ3) is 5.60. The summed E-state index contributed by atoms with van der Waals surface area (Å²) in [6, 6.07) is 10.0. The van der Waals surface area contributed by atoms with Crippen molar-refractivity contribution in [1.82, 2.24) is 5.32 Å². The lowest BCUT2D eigenvalue weighted by Crippen LogP contribution is -2.54. The Kier molecular flexibility index (Phi) is 7.20. The number of nitrogens with one attached hydrogen (secondary N) is 1. The van der Waals surface area contributed by atoms with Gasteiger partial charge in [0.25, 0.3) is 0 Å². The van der Waals surface area contributed by atoms with Crippen molar-refractivity contribution in [2.45, 2.75) is 62.3 Å². The minimum Gasteiger partial charge on any atom is -0.346 e. The minimum absolute atomic E-state index is 0.0207. The van der Waals surface area contributed by atoms with Crippen molar-refractivity contribution < 1.29 is 35.9 Å². The number of benzene rings is 2. The van der Waals surface area contributed by atoms with E-state index in [0.717, 1.165) is 0 Å². The van der Waals surface area contributed by atoms with Crippen molar-refractivity contribution in [3.8, 4) is 0 Å². The predicted molar refractivity (Wildman–Crippen MR) is 118 cm³/mol. The molecule has 1 fully saturated rings. The van der Waals surface area contributed by atoms with Crippen LogP contribution in [0.1, 0.15) is 61.3 Å². The molecule has 1 amide bonds. The molecule has 0 bridgehead atoms. The fourth-order valence-electron chi connectivity index (χ4n) is 4.46. The van der Waals surface area contributed by atoms with Crippen LogP contribution < -0.4 is 5.32 Å². The Balaban J connectivity index is 2.11. The van der Waals surface area contributed by atoms with E-state index in [1.165, 1.54) is 13.0 Å². The van der Waals surface area contributed by atoms with Crippen molar-refractivity contribution in [1.29, 1.82) is 0 Å². The van der Waals surface area contributed by atoms with Crippen LogP contribution in [0.25, 0.3) is 0 Å². The monoisotopic (exact) mass is 497 g/mol. The molecule has 1 N–H and O–H groups in total. The summed E-state index contributed by atoms with van der Waals surface area (Å²) in [6.45, 7) is 4.86. The topological polar surface area (TPSA) is 46.2 Å². The van der Waals surface area contributed by atoms with Crippen molar-refractivity contribution in [3.05, 3.63) is 83.4 Å². The van der Waals surface area contributed by atoms with Gasteiger partial charge >= 0.3 is 12.4 Å². The van der Waals surface area contributed by atoms with Crippen LogP contribution in [0.3, 0.4) is 0 Å². The summed E-state index contributed by atoms with van der Waals surface area (Å²) in [5.41, 5.74) is -5.47. The molecule has 35 heavy (non-hydrogen) atoms. The van der Waals surface area contributed by atoms with Crippen LogP contribution in [0.15, 0.2) is 61.2 Å². The molecule has 1 aliphatic rings. The number of alkyl halides is 6. The first-order valence-corrected chi connectivity index (χ1v) is 11.0. The van der Waals surface area contributed by atoms with Crippen molar-refractivity contribution in [3.63, 3.8) is 0 Å². The van der Waals surface area contributed by atoms with Crippen molar-refractivity contribution >= 4 is 11.7 Å². The normalized spacial score (nSPS) is 18.0. The third-order valence-corrected chi connectivity index (χ3v) is 6.62. The number of ketones is 1. The van der Waals surface area contributed by atoms with Crippen molar-refractivity contribution in [2.24, 2.45) is 0 Å². The van der Waals surface area contributed by atoms with Crippen molar-refractivity contribution in [2.75, 3.05) is 0 Å². The smallest absolute Gasteiger partial charge is 0.346 e. The molecule has 0 spiro atoms. The largest absolute Gasteiger partial charge is 0.416 e. The predicted octanol–water partition coefficient (Wildman–Crippen LogP) is 6.71. The molecule has 0 aliphatic heterocycles. The number of hydrogen-bond acceptors (Lipinski definition) is 2. The Morgan fingerprint density at radius 2 is 1.43 bits per heavy atom. The quantitative estimate of drug-likeness (QED) is 0.356. The molecule has 0 aromatic heterocycles. The van der Waals surface area contributed by atoms with Gasteiger partial charge in [-0.1, -0.05) is 36.4 Å². The highest BCUT2D eigenvalue weighted by Gasteiger charge is 2.45. The number of carbonyl (C=O) groups excluding carboxylic acids is 2. The Morgan fingerprint density at radius 3 is 1.89 bits per heavy atom. The van der Waals surface area contributed by atoms with E-state index >= 15 is 0 Å². The highest BCUT2D eigenvalue weighted by atomic mass is 19.4. The van der Waals surface area contributed by atoms with E-state index in [9.17, 15) is 35.9 Å². The lowest BCUT2D eigenvalue weighted by Gasteiger charge is -2.41. The van der Waals surface area contributed by atoms with Crippen LogP contribution in [0, 0.1) is 0 Å². The molecule has 3 rings (SSSR count). The first kappa shape index (κ1) is 26.5. The molecular weight excluding hydrogens is 472 g/mol. The zero-order valence-corrected chi connectivity index (χ0v) is 19.0. The number of hydrogen-bond donors (Lipinski definition) is 1. The number of allylic oxidation sites excluding steroid dienone is 1. The standard InChI is InChI=1S/C26H25F6NO2/c1-3-11-23(2,18-14-19(25(27,28)29)16-20(15-18)26(30,31)32)22(35)33-24(12-9-21(34)10-13-24)17-7-5-4-6-8-17/h3-8,14-16H,1,9-13H2,2H3,(H,33,35)/t23-/m0/s1. The molecular formula is C26H25F6NO2. The van der Waals surface area contributed by atoms with E-state index in [1.54, 1.807) is 30.3 Å². The SMILES string of the molecule is C=CC[C@](C)(C(=O)NC1(c2ccccc2)CCC(=O)CC1)c1cc(C(F)(F)F)cc(C(F)(F)F)c1. The first-order valence-electron chi connectivity index (χ1n) is 11.0. The first-order chi connectivity index (χ1) is 16.2. The maximum atomic E-state index is 13.7.